The predicted molar refractivity (Wildman–Crippen MR) is 83.0 cm³/mol. The van der Waals surface area contributed by atoms with Crippen molar-refractivity contribution in [3.63, 3.8) is 0 Å². The second-order valence-electron chi connectivity index (χ2n) is 4.82. The third kappa shape index (κ3) is 4.13. The van der Waals surface area contributed by atoms with E-state index < -0.39 is 28.7 Å². The van der Waals surface area contributed by atoms with Crippen LogP contribution in [0.3, 0.4) is 0 Å². The molecule has 0 aliphatic heterocycles. The van der Waals surface area contributed by atoms with Crippen molar-refractivity contribution in [2.45, 2.75) is 13.0 Å². The summed E-state index contributed by atoms with van der Waals surface area (Å²) in [5, 5.41) is 13.0. The molecule has 2 aromatic carbocycles. The summed E-state index contributed by atoms with van der Waals surface area (Å²) >= 11 is 0. The van der Waals surface area contributed by atoms with Crippen LogP contribution >= 0.6 is 0 Å². The molecule has 0 radical (unpaired) electrons. The lowest BCUT2D eigenvalue weighted by Gasteiger charge is -2.13. The molecule has 0 saturated heterocycles. The Labute approximate surface area is 136 Å². The summed E-state index contributed by atoms with van der Waals surface area (Å²) in [5.74, 6) is -2.24. The van der Waals surface area contributed by atoms with Gasteiger partial charge in [0.1, 0.15) is 5.82 Å². The number of carbonyl (C=O) groups is 2. The molecule has 1 atom stereocenters. The Bertz CT molecular complexity index is 794. The summed E-state index contributed by atoms with van der Waals surface area (Å²) in [6.07, 6.45) is -1.21. The smallest absolute Gasteiger partial charge is 0.339 e. The van der Waals surface area contributed by atoms with E-state index in [-0.39, 0.29) is 16.9 Å². The van der Waals surface area contributed by atoms with Crippen LogP contribution in [-0.2, 0) is 9.53 Å². The molecule has 1 amide bonds. The number of esters is 1. The van der Waals surface area contributed by atoms with E-state index in [0.717, 1.165) is 6.07 Å². The van der Waals surface area contributed by atoms with Gasteiger partial charge in [-0.1, -0.05) is 18.2 Å². The Morgan fingerprint density at radius 1 is 1.21 bits per heavy atom. The van der Waals surface area contributed by atoms with E-state index in [0.29, 0.717) is 0 Å². The highest BCUT2D eigenvalue weighted by Crippen LogP contribution is 2.16. The zero-order chi connectivity index (χ0) is 17.7. The van der Waals surface area contributed by atoms with Gasteiger partial charge >= 0.3 is 5.97 Å². The van der Waals surface area contributed by atoms with Crippen molar-refractivity contribution in [3.8, 4) is 0 Å². The molecule has 0 heterocycles. The number of nitrogens with zero attached hydrogens (tertiary/aromatic N) is 1. The molecule has 24 heavy (non-hydrogen) atoms. The standard InChI is InChI=1S/C16H13FN2O5/c1-10(15(20)18-14-8-3-2-7-13(14)17)24-16(21)11-5-4-6-12(9-11)19(22)23/h2-10H,1H3,(H,18,20)/t10-/m0/s1. The number of ether oxygens (including phenoxy) is 1. The predicted octanol–water partition coefficient (Wildman–Crippen LogP) is 2.92. The topological polar surface area (TPSA) is 98.5 Å². The van der Waals surface area contributed by atoms with Gasteiger partial charge in [0, 0.05) is 12.1 Å². The summed E-state index contributed by atoms with van der Waals surface area (Å²) in [6, 6.07) is 10.5. The van der Waals surface area contributed by atoms with Gasteiger partial charge in [0.2, 0.25) is 0 Å². The molecule has 7 nitrogen and oxygen atoms in total. The van der Waals surface area contributed by atoms with Crippen LogP contribution in [0.1, 0.15) is 17.3 Å². The van der Waals surface area contributed by atoms with Gasteiger partial charge in [0.25, 0.3) is 11.6 Å². The number of amides is 1. The average molecular weight is 332 g/mol. The van der Waals surface area contributed by atoms with Crippen molar-refractivity contribution in [3.05, 3.63) is 70.0 Å². The number of hydrogen-bond donors (Lipinski definition) is 1. The maximum absolute atomic E-state index is 13.5. The Kier molecular flexibility index (Phi) is 5.20. The number of nitro groups is 1. The van der Waals surface area contributed by atoms with E-state index in [1.165, 1.54) is 43.3 Å². The fraction of sp³-hybridized carbons (Fsp3) is 0.125. The number of para-hydroxylation sites is 1. The lowest BCUT2D eigenvalue weighted by Crippen LogP contribution is -2.30. The summed E-state index contributed by atoms with van der Waals surface area (Å²) in [7, 11) is 0. The van der Waals surface area contributed by atoms with Gasteiger partial charge in [0.15, 0.2) is 6.10 Å². The molecule has 0 aliphatic carbocycles. The largest absolute Gasteiger partial charge is 0.449 e. The lowest BCUT2D eigenvalue weighted by atomic mass is 10.2. The molecule has 2 aromatic rings. The number of nitro benzene ring substituents is 1. The van der Waals surface area contributed by atoms with Crippen LogP contribution in [0.15, 0.2) is 48.5 Å². The SMILES string of the molecule is C[C@H](OC(=O)c1cccc([N+](=O)[O-])c1)C(=O)Nc1ccccc1F. The van der Waals surface area contributed by atoms with E-state index in [9.17, 15) is 24.1 Å². The van der Waals surface area contributed by atoms with E-state index in [1.54, 1.807) is 6.07 Å². The molecule has 124 valence electrons. The number of halogens is 1. The highest BCUT2D eigenvalue weighted by Gasteiger charge is 2.21. The van der Waals surface area contributed by atoms with Crippen molar-refractivity contribution in [1.82, 2.24) is 0 Å². The molecule has 0 saturated carbocycles. The monoisotopic (exact) mass is 332 g/mol. The van der Waals surface area contributed by atoms with Crippen LogP contribution in [-0.4, -0.2) is 22.9 Å². The van der Waals surface area contributed by atoms with Crippen molar-refractivity contribution in [1.29, 1.82) is 0 Å². The highest BCUT2D eigenvalue weighted by molar-refractivity contribution is 5.97. The molecular formula is C16H13FN2O5. The molecule has 0 bridgehead atoms. The number of benzene rings is 2. The van der Waals surface area contributed by atoms with Crippen LogP contribution in [0.25, 0.3) is 0 Å². The van der Waals surface area contributed by atoms with Gasteiger partial charge in [-0.2, -0.15) is 0 Å². The molecule has 0 unspecified atom stereocenters. The maximum atomic E-state index is 13.5. The summed E-state index contributed by atoms with van der Waals surface area (Å²) in [4.78, 5) is 33.9. The molecule has 1 N–H and O–H groups in total. The summed E-state index contributed by atoms with van der Waals surface area (Å²) in [6.45, 7) is 1.31. The van der Waals surface area contributed by atoms with E-state index in [2.05, 4.69) is 5.32 Å². The normalized spacial score (nSPS) is 11.4. The van der Waals surface area contributed by atoms with Crippen LogP contribution in [0.5, 0.6) is 0 Å². The minimum Gasteiger partial charge on any atom is -0.449 e. The molecule has 0 aliphatic rings. The van der Waals surface area contributed by atoms with E-state index in [4.69, 9.17) is 4.74 Å². The molecule has 0 fully saturated rings. The first kappa shape index (κ1) is 17.1. The number of anilines is 1. The summed E-state index contributed by atoms with van der Waals surface area (Å²) < 4.78 is 18.4. The average Bonchev–Trinajstić information content (AvgIpc) is 2.56. The Morgan fingerprint density at radius 2 is 1.92 bits per heavy atom. The molecular weight excluding hydrogens is 319 g/mol. The van der Waals surface area contributed by atoms with E-state index >= 15 is 0 Å². The van der Waals surface area contributed by atoms with Crippen molar-refractivity contribution in [2.75, 3.05) is 5.32 Å². The maximum Gasteiger partial charge on any atom is 0.339 e. The number of non-ortho nitro benzene ring substituents is 1. The Morgan fingerprint density at radius 3 is 2.58 bits per heavy atom. The van der Waals surface area contributed by atoms with Crippen LogP contribution in [0, 0.1) is 15.9 Å². The minimum absolute atomic E-state index is 0.0410. The Balaban J connectivity index is 2.03. The first-order chi connectivity index (χ1) is 11.4. The van der Waals surface area contributed by atoms with Crippen LogP contribution < -0.4 is 5.32 Å². The number of nitrogens with one attached hydrogen (secondary N) is 1. The fourth-order valence-electron chi connectivity index (χ4n) is 1.83. The third-order valence-corrected chi connectivity index (χ3v) is 3.08. The molecule has 8 heteroatoms. The van der Waals surface area contributed by atoms with Gasteiger partial charge in [-0.3, -0.25) is 14.9 Å². The van der Waals surface area contributed by atoms with Gasteiger partial charge in [-0.15, -0.1) is 0 Å². The molecule has 0 aromatic heterocycles. The van der Waals surface area contributed by atoms with Gasteiger partial charge in [-0.25, -0.2) is 9.18 Å². The number of hydrogen-bond acceptors (Lipinski definition) is 5. The second-order valence-corrected chi connectivity index (χ2v) is 4.82. The van der Waals surface area contributed by atoms with Gasteiger partial charge in [0.05, 0.1) is 16.2 Å². The van der Waals surface area contributed by atoms with Gasteiger partial charge in [-0.05, 0) is 25.1 Å². The minimum atomic E-state index is -1.21. The van der Waals surface area contributed by atoms with Crippen molar-refractivity contribution >= 4 is 23.3 Å². The third-order valence-electron chi connectivity index (χ3n) is 3.08. The molecule has 2 rings (SSSR count). The number of rotatable bonds is 5. The quantitative estimate of drug-likeness (QED) is 0.515. The molecule has 0 spiro atoms. The zero-order valence-corrected chi connectivity index (χ0v) is 12.6. The summed E-state index contributed by atoms with van der Waals surface area (Å²) in [5.41, 5.74) is -0.372. The van der Waals surface area contributed by atoms with Crippen molar-refractivity contribution in [2.24, 2.45) is 0 Å². The van der Waals surface area contributed by atoms with Crippen LogP contribution in [0.2, 0.25) is 0 Å². The second kappa shape index (κ2) is 7.32. The Hall–Kier alpha value is -3.29. The van der Waals surface area contributed by atoms with Crippen molar-refractivity contribution < 1.29 is 23.6 Å². The van der Waals surface area contributed by atoms with E-state index in [1.807, 2.05) is 0 Å². The fourth-order valence-corrected chi connectivity index (χ4v) is 1.83. The first-order valence-electron chi connectivity index (χ1n) is 6.89. The highest BCUT2D eigenvalue weighted by atomic mass is 19.1. The number of carbonyl (C=O) groups excluding carboxylic acids is 2. The lowest BCUT2D eigenvalue weighted by molar-refractivity contribution is -0.384. The van der Waals surface area contributed by atoms with Crippen LogP contribution in [0.4, 0.5) is 15.8 Å². The zero-order valence-electron chi connectivity index (χ0n) is 12.6. The van der Waals surface area contributed by atoms with Gasteiger partial charge < -0.3 is 10.1 Å². The first-order valence-corrected chi connectivity index (χ1v) is 6.89.